The van der Waals surface area contributed by atoms with Crippen LogP contribution in [-0.4, -0.2) is 41.2 Å². The lowest BCUT2D eigenvalue weighted by molar-refractivity contribution is -0.143. The molecule has 0 radical (unpaired) electrons. The number of rotatable bonds is 16. The van der Waals surface area contributed by atoms with Crippen molar-refractivity contribution in [1.82, 2.24) is 4.98 Å². The fourth-order valence-corrected chi connectivity index (χ4v) is 3.11. The third-order valence-corrected chi connectivity index (χ3v) is 4.73. The van der Waals surface area contributed by atoms with E-state index in [9.17, 15) is 14.7 Å². The Morgan fingerprint density at radius 3 is 2.54 bits per heavy atom. The summed E-state index contributed by atoms with van der Waals surface area (Å²) in [6.45, 7) is 4.13. The molecule has 6 nitrogen and oxygen atoms in total. The number of carbonyl (C=O) groups excluding carboxylic acids is 2. The number of aliphatic hydroxyl groups is 1. The monoisotopic (exact) mass is 393 g/mol. The Bertz CT molecular complexity index is 549. The normalized spacial score (nSPS) is 13.0. The highest BCUT2D eigenvalue weighted by molar-refractivity contribution is 5.78. The molecule has 0 fully saturated rings. The van der Waals surface area contributed by atoms with Gasteiger partial charge in [-0.25, -0.2) is 0 Å². The summed E-state index contributed by atoms with van der Waals surface area (Å²) in [7, 11) is 0. The van der Waals surface area contributed by atoms with Crippen LogP contribution in [0.2, 0.25) is 0 Å². The first kappa shape index (κ1) is 24.1. The number of pyridine rings is 1. The number of esters is 1. The predicted octanol–water partition coefficient (Wildman–Crippen LogP) is 4.10. The summed E-state index contributed by atoms with van der Waals surface area (Å²) in [5.74, 6) is 0.783. The highest BCUT2D eigenvalue weighted by Gasteiger charge is 2.15. The number of Topliss-reactive ketones (excluding diaryl/α,β-unsaturated/α-hetero) is 1. The Hall–Kier alpha value is -1.95. The van der Waals surface area contributed by atoms with Gasteiger partial charge in [-0.05, 0) is 51.7 Å². The van der Waals surface area contributed by atoms with E-state index < -0.39 is 6.10 Å². The van der Waals surface area contributed by atoms with Crippen molar-refractivity contribution < 1.29 is 24.2 Å². The van der Waals surface area contributed by atoms with Crippen molar-refractivity contribution in [3.05, 3.63) is 24.5 Å². The molecule has 1 aromatic rings. The number of aliphatic hydroxyl groups excluding tert-OH is 1. The van der Waals surface area contributed by atoms with Crippen LogP contribution in [0.3, 0.4) is 0 Å². The molecule has 1 rings (SSSR count). The van der Waals surface area contributed by atoms with Crippen molar-refractivity contribution in [1.29, 1.82) is 0 Å². The van der Waals surface area contributed by atoms with Gasteiger partial charge in [-0.1, -0.05) is 25.7 Å². The molecule has 0 saturated carbocycles. The van der Waals surface area contributed by atoms with E-state index in [1.807, 2.05) is 6.92 Å². The molecule has 1 aromatic heterocycles. The minimum absolute atomic E-state index is 0.0523. The van der Waals surface area contributed by atoms with E-state index in [1.54, 1.807) is 31.5 Å². The third-order valence-electron chi connectivity index (χ3n) is 4.73. The molecule has 0 aromatic carbocycles. The van der Waals surface area contributed by atoms with Crippen molar-refractivity contribution in [3.8, 4) is 5.75 Å². The molecule has 0 aliphatic rings. The average molecular weight is 394 g/mol. The van der Waals surface area contributed by atoms with E-state index >= 15 is 0 Å². The zero-order chi connectivity index (χ0) is 20.6. The Morgan fingerprint density at radius 1 is 1.11 bits per heavy atom. The van der Waals surface area contributed by atoms with Crippen molar-refractivity contribution in [3.63, 3.8) is 0 Å². The molecular weight excluding hydrogens is 358 g/mol. The molecule has 0 amide bonds. The number of ether oxygens (including phenoxy) is 2. The van der Waals surface area contributed by atoms with Gasteiger partial charge in [0, 0.05) is 18.5 Å². The Balaban J connectivity index is 2.12. The van der Waals surface area contributed by atoms with Crippen LogP contribution >= 0.6 is 0 Å². The van der Waals surface area contributed by atoms with E-state index in [0.29, 0.717) is 25.2 Å². The van der Waals surface area contributed by atoms with Crippen molar-refractivity contribution in [2.45, 2.75) is 77.7 Å². The van der Waals surface area contributed by atoms with E-state index in [1.165, 1.54) is 0 Å². The quantitative estimate of drug-likeness (QED) is 0.336. The molecule has 28 heavy (non-hydrogen) atoms. The first-order valence-electron chi connectivity index (χ1n) is 10.4. The van der Waals surface area contributed by atoms with Crippen molar-refractivity contribution >= 4 is 11.8 Å². The second kappa shape index (κ2) is 15.0. The maximum atomic E-state index is 11.9. The topological polar surface area (TPSA) is 85.7 Å². The Labute approximate surface area is 168 Å². The highest BCUT2D eigenvalue weighted by atomic mass is 16.5. The van der Waals surface area contributed by atoms with Crippen LogP contribution in [-0.2, 0) is 14.3 Å². The molecule has 0 saturated heterocycles. The van der Waals surface area contributed by atoms with Gasteiger partial charge in [0.1, 0.15) is 18.1 Å². The van der Waals surface area contributed by atoms with Crippen LogP contribution in [0.15, 0.2) is 24.5 Å². The van der Waals surface area contributed by atoms with Crippen LogP contribution in [0.4, 0.5) is 0 Å². The molecule has 2 unspecified atom stereocenters. The second-order valence-electron chi connectivity index (χ2n) is 7.15. The zero-order valence-corrected chi connectivity index (χ0v) is 17.3. The Morgan fingerprint density at radius 2 is 1.86 bits per heavy atom. The van der Waals surface area contributed by atoms with E-state index in [-0.39, 0.29) is 24.3 Å². The molecule has 158 valence electrons. The van der Waals surface area contributed by atoms with Gasteiger partial charge in [-0.15, -0.1) is 0 Å². The summed E-state index contributed by atoms with van der Waals surface area (Å²) in [6, 6.07) is 3.59. The molecule has 1 heterocycles. The van der Waals surface area contributed by atoms with Crippen molar-refractivity contribution in [2.75, 3.05) is 13.2 Å². The molecule has 0 spiro atoms. The van der Waals surface area contributed by atoms with Crippen LogP contribution in [0.5, 0.6) is 5.75 Å². The fraction of sp³-hybridized carbons (Fsp3) is 0.682. The number of carbonyl (C=O) groups is 2. The van der Waals surface area contributed by atoms with Crippen LogP contribution in [0.1, 0.15) is 71.6 Å². The standard InChI is InChI=1S/C22H35NO5/c1-3-27-22(26)14-7-5-4-6-10-19(18(2)24)11-8-12-20(25)17-28-21-13-9-15-23-16-21/h9,13,15-16,19-20,25H,3-8,10-12,14,17H2,1-2H3. The first-order valence-corrected chi connectivity index (χ1v) is 10.4. The van der Waals surface area contributed by atoms with Gasteiger partial charge in [0.2, 0.25) is 0 Å². The van der Waals surface area contributed by atoms with Crippen molar-refractivity contribution in [2.24, 2.45) is 5.92 Å². The maximum absolute atomic E-state index is 11.9. The summed E-state index contributed by atoms with van der Waals surface area (Å²) >= 11 is 0. The second-order valence-corrected chi connectivity index (χ2v) is 7.15. The average Bonchev–Trinajstić information content (AvgIpc) is 2.68. The lowest BCUT2D eigenvalue weighted by atomic mass is 9.91. The molecule has 0 bridgehead atoms. The van der Waals surface area contributed by atoms with Crippen LogP contribution < -0.4 is 4.74 Å². The number of nitrogens with zero attached hydrogens (tertiary/aromatic N) is 1. The number of ketones is 1. The van der Waals surface area contributed by atoms with Crippen LogP contribution in [0.25, 0.3) is 0 Å². The first-order chi connectivity index (χ1) is 13.5. The maximum Gasteiger partial charge on any atom is 0.305 e. The molecule has 0 aliphatic heterocycles. The van der Waals surface area contributed by atoms with Crippen LogP contribution in [0, 0.1) is 5.92 Å². The van der Waals surface area contributed by atoms with Gasteiger partial charge in [-0.2, -0.15) is 0 Å². The summed E-state index contributed by atoms with van der Waals surface area (Å²) in [5.41, 5.74) is 0. The van der Waals surface area contributed by atoms with E-state index in [4.69, 9.17) is 9.47 Å². The lowest BCUT2D eigenvalue weighted by Gasteiger charge is -2.16. The van der Waals surface area contributed by atoms with Gasteiger partial charge >= 0.3 is 5.97 Å². The lowest BCUT2D eigenvalue weighted by Crippen LogP contribution is -2.18. The third kappa shape index (κ3) is 11.7. The summed E-state index contributed by atoms with van der Waals surface area (Å²) < 4.78 is 10.4. The van der Waals surface area contributed by atoms with Gasteiger partial charge in [0.25, 0.3) is 0 Å². The smallest absolute Gasteiger partial charge is 0.305 e. The molecule has 2 atom stereocenters. The Kier molecular flexibility index (Phi) is 12.9. The number of aromatic nitrogens is 1. The summed E-state index contributed by atoms with van der Waals surface area (Å²) in [6.07, 6.45) is 10.1. The fourth-order valence-electron chi connectivity index (χ4n) is 3.11. The summed E-state index contributed by atoms with van der Waals surface area (Å²) in [5, 5.41) is 10.1. The molecule has 0 aliphatic carbocycles. The largest absolute Gasteiger partial charge is 0.489 e. The molecule has 6 heteroatoms. The molecule has 1 N–H and O–H groups in total. The molecular formula is C22H35NO5. The highest BCUT2D eigenvalue weighted by Crippen LogP contribution is 2.19. The zero-order valence-electron chi connectivity index (χ0n) is 17.3. The van der Waals surface area contributed by atoms with Gasteiger partial charge < -0.3 is 14.6 Å². The number of hydrogen-bond acceptors (Lipinski definition) is 6. The number of unbranched alkanes of at least 4 members (excludes halogenated alkanes) is 3. The van der Waals surface area contributed by atoms with Gasteiger partial charge in [0.05, 0.1) is 18.9 Å². The van der Waals surface area contributed by atoms with E-state index in [2.05, 4.69) is 4.98 Å². The predicted molar refractivity (Wildman–Crippen MR) is 108 cm³/mol. The summed E-state index contributed by atoms with van der Waals surface area (Å²) in [4.78, 5) is 27.1. The minimum Gasteiger partial charge on any atom is -0.489 e. The van der Waals surface area contributed by atoms with E-state index in [0.717, 1.165) is 44.9 Å². The SMILES string of the molecule is CCOC(=O)CCCCCCC(CCCC(O)COc1cccnc1)C(C)=O. The minimum atomic E-state index is -0.546. The number of hydrogen-bond donors (Lipinski definition) is 1. The van der Waals surface area contributed by atoms with Gasteiger partial charge in [-0.3, -0.25) is 14.6 Å². The van der Waals surface area contributed by atoms with Gasteiger partial charge in [0.15, 0.2) is 0 Å².